The zero-order chi connectivity index (χ0) is 13.4. The van der Waals surface area contributed by atoms with Crippen LogP contribution in [0, 0.1) is 6.92 Å². The number of aryl methyl sites for hydroxylation is 1. The van der Waals surface area contributed by atoms with Crippen LogP contribution < -0.4 is 0 Å². The summed E-state index contributed by atoms with van der Waals surface area (Å²) < 4.78 is 7.55. The largest absolute Gasteiger partial charge is 0.467 e. The summed E-state index contributed by atoms with van der Waals surface area (Å²) in [5.74, 6) is 1.78. The molecule has 3 aromatic rings. The molecule has 0 saturated carbocycles. The predicted octanol–water partition coefficient (Wildman–Crippen LogP) is 4.29. The molecule has 98 valence electrons. The van der Waals surface area contributed by atoms with Gasteiger partial charge < -0.3 is 8.98 Å². The first kappa shape index (κ1) is 12.3. The van der Waals surface area contributed by atoms with Gasteiger partial charge in [-0.1, -0.05) is 6.07 Å². The molecule has 19 heavy (non-hydrogen) atoms. The van der Waals surface area contributed by atoms with E-state index in [4.69, 9.17) is 16.0 Å². The number of hydrogen-bond donors (Lipinski definition) is 0. The molecule has 2 heterocycles. The lowest BCUT2D eigenvalue weighted by molar-refractivity contribution is 0.492. The van der Waals surface area contributed by atoms with Crippen molar-refractivity contribution in [2.75, 3.05) is 0 Å². The second-order valence-corrected chi connectivity index (χ2v) is 5.40. The Morgan fingerprint density at radius 3 is 2.89 bits per heavy atom. The monoisotopic (exact) mass is 274 g/mol. The van der Waals surface area contributed by atoms with Crippen LogP contribution in [0.4, 0.5) is 0 Å². The summed E-state index contributed by atoms with van der Waals surface area (Å²) in [7, 11) is 0. The average molecular weight is 275 g/mol. The molecule has 0 aliphatic rings. The van der Waals surface area contributed by atoms with Gasteiger partial charge in [0.15, 0.2) is 0 Å². The van der Waals surface area contributed by atoms with Crippen molar-refractivity contribution in [1.82, 2.24) is 9.55 Å². The van der Waals surface area contributed by atoms with E-state index >= 15 is 0 Å². The Labute approximate surface area is 116 Å². The van der Waals surface area contributed by atoms with Crippen LogP contribution in [0.2, 0.25) is 0 Å². The second-order valence-electron chi connectivity index (χ2n) is 4.74. The molecule has 0 spiro atoms. The minimum Gasteiger partial charge on any atom is -0.467 e. The van der Waals surface area contributed by atoms with Crippen molar-refractivity contribution in [2.24, 2.45) is 0 Å². The van der Waals surface area contributed by atoms with Crippen molar-refractivity contribution in [3.63, 3.8) is 0 Å². The molecule has 0 fully saturated rings. The van der Waals surface area contributed by atoms with Crippen molar-refractivity contribution in [1.29, 1.82) is 0 Å². The van der Waals surface area contributed by atoms with Crippen LogP contribution in [0.3, 0.4) is 0 Å². The smallest absolute Gasteiger partial charge is 0.128 e. The molecule has 0 radical (unpaired) electrons. The number of imidazole rings is 1. The van der Waals surface area contributed by atoms with Crippen LogP contribution in [-0.4, -0.2) is 9.55 Å². The first-order valence-corrected chi connectivity index (χ1v) is 6.72. The maximum atomic E-state index is 6.25. The van der Waals surface area contributed by atoms with Gasteiger partial charge in [-0.2, -0.15) is 0 Å². The zero-order valence-electron chi connectivity index (χ0n) is 10.9. The van der Waals surface area contributed by atoms with E-state index in [0.29, 0.717) is 6.54 Å². The molecule has 2 aromatic heterocycles. The van der Waals surface area contributed by atoms with E-state index in [1.54, 1.807) is 6.26 Å². The van der Waals surface area contributed by atoms with Gasteiger partial charge in [0, 0.05) is 0 Å². The molecule has 3 rings (SSSR count). The van der Waals surface area contributed by atoms with Crippen molar-refractivity contribution >= 4 is 22.6 Å². The number of nitrogens with zero attached hydrogens (tertiary/aromatic N) is 2. The molecule has 3 nitrogen and oxygen atoms in total. The Morgan fingerprint density at radius 2 is 2.21 bits per heavy atom. The Morgan fingerprint density at radius 1 is 1.37 bits per heavy atom. The van der Waals surface area contributed by atoms with Gasteiger partial charge in [-0.05, 0) is 43.7 Å². The van der Waals surface area contributed by atoms with Gasteiger partial charge in [0.25, 0.3) is 0 Å². The lowest BCUT2D eigenvalue weighted by Crippen LogP contribution is -2.05. The molecular weight excluding hydrogens is 260 g/mol. The lowest BCUT2D eigenvalue weighted by atomic mass is 10.2. The molecule has 1 aromatic carbocycles. The van der Waals surface area contributed by atoms with Crippen LogP contribution in [-0.2, 0) is 6.54 Å². The van der Waals surface area contributed by atoms with Gasteiger partial charge in [0.05, 0.1) is 29.2 Å². The van der Waals surface area contributed by atoms with E-state index in [9.17, 15) is 0 Å². The Hall–Kier alpha value is -1.74. The average Bonchev–Trinajstić information content (AvgIpc) is 2.98. The van der Waals surface area contributed by atoms with Crippen molar-refractivity contribution in [3.05, 3.63) is 53.7 Å². The van der Waals surface area contributed by atoms with E-state index in [-0.39, 0.29) is 5.38 Å². The number of rotatable bonds is 3. The van der Waals surface area contributed by atoms with E-state index < -0.39 is 0 Å². The predicted molar refractivity (Wildman–Crippen MR) is 76.5 cm³/mol. The highest BCUT2D eigenvalue weighted by atomic mass is 35.5. The number of hydrogen-bond acceptors (Lipinski definition) is 2. The number of fused-ring (bicyclic) bond motifs is 1. The van der Waals surface area contributed by atoms with Gasteiger partial charge in [-0.3, -0.25) is 0 Å². The summed E-state index contributed by atoms with van der Waals surface area (Å²) in [6.07, 6.45) is 1.68. The van der Waals surface area contributed by atoms with Crippen LogP contribution >= 0.6 is 11.6 Å². The fourth-order valence-electron chi connectivity index (χ4n) is 2.28. The fraction of sp³-hybridized carbons (Fsp3) is 0.267. The van der Waals surface area contributed by atoms with Crippen LogP contribution in [0.25, 0.3) is 11.0 Å². The molecule has 1 unspecified atom stereocenters. The van der Waals surface area contributed by atoms with E-state index in [0.717, 1.165) is 22.6 Å². The molecule has 4 heteroatoms. The van der Waals surface area contributed by atoms with E-state index in [2.05, 4.69) is 28.6 Å². The van der Waals surface area contributed by atoms with Gasteiger partial charge in [-0.15, -0.1) is 11.6 Å². The molecular formula is C15H15ClN2O. The molecule has 0 N–H and O–H groups in total. The fourth-order valence-corrected chi connectivity index (χ4v) is 2.45. The number of alkyl halides is 1. The third-order valence-corrected chi connectivity index (χ3v) is 3.38. The third kappa shape index (κ3) is 2.26. The summed E-state index contributed by atoms with van der Waals surface area (Å²) in [4.78, 5) is 4.62. The van der Waals surface area contributed by atoms with Gasteiger partial charge in [-0.25, -0.2) is 4.98 Å². The topological polar surface area (TPSA) is 31.0 Å². The molecule has 0 saturated heterocycles. The maximum absolute atomic E-state index is 6.25. The quantitative estimate of drug-likeness (QED) is 0.667. The maximum Gasteiger partial charge on any atom is 0.128 e. The second kappa shape index (κ2) is 4.74. The SMILES string of the molecule is Cc1ccc2nc(C(C)Cl)n(Cc3ccco3)c2c1. The number of aromatic nitrogens is 2. The van der Waals surface area contributed by atoms with Crippen molar-refractivity contribution in [3.8, 4) is 0 Å². The summed E-state index contributed by atoms with van der Waals surface area (Å²) in [5, 5.41) is -0.136. The van der Waals surface area contributed by atoms with E-state index in [1.165, 1.54) is 5.56 Å². The molecule has 0 bridgehead atoms. The van der Waals surface area contributed by atoms with Crippen LogP contribution in [0.1, 0.15) is 29.4 Å². The number of furan rings is 1. The van der Waals surface area contributed by atoms with Crippen molar-refractivity contribution < 1.29 is 4.42 Å². The number of halogens is 1. The Kier molecular flexibility index (Phi) is 3.07. The zero-order valence-corrected chi connectivity index (χ0v) is 11.7. The molecule has 0 aliphatic carbocycles. The first-order chi connectivity index (χ1) is 9.15. The van der Waals surface area contributed by atoms with Gasteiger partial charge in [0.1, 0.15) is 11.6 Å². The Balaban J connectivity index is 2.18. The normalized spacial score (nSPS) is 13.0. The van der Waals surface area contributed by atoms with E-state index in [1.807, 2.05) is 25.1 Å². The molecule has 0 aliphatic heterocycles. The summed E-state index contributed by atoms with van der Waals surface area (Å²) in [5.41, 5.74) is 3.28. The first-order valence-electron chi connectivity index (χ1n) is 6.28. The molecule has 0 amide bonds. The Bertz CT molecular complexity index is 698. The molecule has 1 atom stereocenters. The van der Waals surface area contributed by atoms with Crippen molar-refractivity contribution in [2.45, 2.75) is 25.8 Å². The van der Waals surface area contributed by atoms with Crippen LogP contribution in [0.5, 0.6) is 0 Å². The minimum atomic E-state index is -0.136. The standard InChI is InChI=1S/C15H15ClN2O/c1-10-5-6-13-14(8-10)18(15(17-13)11(2)16)9-12-4-3-7-19-12/h3-8,11H,9H2,1-2H3. The summed E-state index contributed by atoms with van der Waals surface area (Å²) >= 11 is 6.25. The highest BCUT2D eigenvalue weighted by Gasteiger charge is 2.15. The summed E-state index contributed by atoms with van der Waals surface area (Å²) in [6.45, 7) is 4.67. The lowest BCUT2D eigenvalue weighted by Gasteiger charge is -2.09. The van der Waals surface area contributed by atoms with Gasteiger partial charge >= 0.3 is 0 Å². The highest BCUT2D eigenvalue weighted by molar-refractivity contribution is 6.20. The highest BCUT2D eigenvalue weighted by Crippen LogP contribution is 2.26. The van der Waals surface area contributed by atoms with Gasteiger partial charge in [0.2, 0.25) is 0 Å². The van der Waals surface area contributed by atoms with Crippen LogP contribution in [0.15, 0.2) is 41.0 Å². The number of benzene rings is 1. The minimum absolute atomic E-state index is 0.136. The summed E-state index contributed by atoms with van der Waals surface area (Å²) in [6, 6.07) is 10.1. The third-order valence-electron chi connectivity index (χ3n) is 3.18.